The van der Waals surface area contributed by atoms with Crippen molar-refractivity contribution in [3.63, 3.8) is 0 Å². The fourth-order valence-corrected chi connectivity index (χ4v) is 3.50. The summed E-state index contributed by atoms with van der Waals surface area (Å²) in [5, 5.41) is 0. The quantitative estimate of drug-likeness (QED) is 0.766. The summed E-state index contributed by atoms with van der Waals surface area (Å²) >= 11 is 4.91. The minimum Gasteiger partial charge on any atom is -0.393 e. The predicted molar refractivity (Wildman–Crippen MR) is 72.5 cm³/mol. The first-order valence-corrected chi connectivity index (χ1v) is 7.17. The molecule has 0 bridgehead atoms. The highest BCUT2D eigenvalue weighted by Crippen LogP contribution is 2.35. The van der Waals surface area contributed by atoms with E-state index in [2.05, 4.69) is 4.90 Å². The topological polar surface area (TPSA) is 29.3 Å². The van der Waals surface area contributed by atoms with Gasteiger partial charge in [0.15, 0.2) is 0 Å². The maximum atomic E-state index is 5.53. The van der Waals surface area contributed by atoms with E-state index in [1.807, 2.05) is 0 Å². The van der Waals surface area contributed by atoms with Crippen LogP contribution in [0.1, 0.15) is 44.9 Å². The van der Waals surface area contributed by atoms with Crippen molar-refractivity contribution in [1.82, 2.24) is 4.90 Å². The van der Waals surface area contributed by atoms with Crippen molar-refractivity contribution in [2.24, 2.45) is 17.6 Å². The van der Waals surface area contributed by atoms with Crippen molar-refractivity contribution >= 4 is 17.2 Å². The van der Waals surface area contributed by atoms with Crippen molar-refractivity contribution in [2.75, 3.05) is 19.6 Å². The Morgan fingerprint density at radius 2 is 1.94 bits per heavy atom. The Bertz CT molecular complexity index is 242. The van der Waals surface area contributed by atoms with E-state index in [1.54, 1.807) is 0 Å². The number of nitrogens with two attached hydrogens (primary N) is 1. The van der Waals surface area contributed by atoms with Crippen LogP contribution in [0.25, 0.3) is 0 Å². The molecule has 92 valence electrons. The maximum Gasteiger partial charge on any atom is 0.0727 e. The van der Waals surface area contributed by atoms with Crippen molar-refractivity contribution in [2.45, 2.75) is 44.9 Å². The summed E-state index contributed by atoms with van der Waals surface area (Å²) in [7, 11) is 0. The van der Waals surface area contributed by atoms with Crippen LogP contribution in [-0.4, -0.2) is 29.5 Å². The number of rotatable bonds is 4. The van der Waals surface area contributed by atoms with E-state index < -0.39 is 0 Å². The average molecular weight is 240 g/mol. The molecule has 3 heteroatoms. The molecule has 1 saturated carbocycles. The van der Waals surface area contributed by atoms with Crippen LogP contribution in [0, 0.1) is 11.8 Å². The number of nitrogens with zero attached hydrogens (tertiary/aromatic N) is 1. The van der Waals surface area contributed by atoms with Gasteiger partial charge in [-0.1, -0.05) is 31.5 Å². The van der Waals surface area contributed by atoms with Crippen LogP contribution in [-0.2, 0) is 0 Å². The molecule has 0 aromatic rings. The third-order valence-electron chi connectivity index (χ3n) is 4.27. The molecule has 16 heavy (non-hydrogen) atoms. The van der Waals surface area contributed by atoms with Crippen LogP contribution in [0.15, 0.2) is 0 Å². The van der Waals surface area contributed by atoms with Gasteiger partial charge in [-0.3, -0.25) is 0 Å². The number of thiocarbonyl (C=S) groups is 1. The van der Waals surface area contributed by atoms with Crippen molar-refractivity contribution in [3.05, 3.63) is 0 Å². The average Bonchev–Trinajstić information content (AvgIpc) is 2.28. The summed E-state index contributed by atoms with van der Waals surface area (Å²) in [6.07, 6.45) is 9.39. The number of likely N-dealkylation sites (tertiary alicyclic amines) is 1. The second kappa shape index (κ2) is 5.97. The van der Waals surface area contributed by atoms with E-state index in [-0.39, 0.29) is 0 Å². The van der Waals surface area contributed by atoms with Crippen LogP contribution in [0.2, 0.25) is 0 Å². The van der Waals surface area contributed by atoms with Gasteiger partial charge in [0, 0.05) is 6.54 Å². The molecule has 0 amide bonds. The summed E-state index contributed by atoms with van der Waals surface area (Å²) in [6, 6.07) is 0. The highest BCUT2D eigenvalue weighted by Gasteiger charge is 2.30. The Balaban J connectivity index is 1.70. The summed E-state index contributed by atoms with van der Waals surface area (Å²) < 4.78 is 0. The Hall–Kier alpha value is -0.150. The van der Waals surface area contributed by atoms with Gasteiger partial charge in [0.05, 0.1) is 4.99 Å². The summed E-state index contributed by atoms with van der Waals surface area (Å²) in [5.74, 6) is 2.04. The second-order valence-electron chi connectivity index (χ2n) is 5.46. The number of hydrogen-bond donors (Lipinski definition) is 1. The maximum absolute atomic E-state index is 5.53. The molecule has 2 rings (SSSR count). The Kier molecular flexibility index (Phi) is 4.59. The van der Waals surface area contributed by atoms with Crippen LogP contribution in [0.4, 0.5) is 0 Å². The largest absolute Gasteiger partial charge is 0.393 e. The SMILES string of the molecule is NC(=S)CCCN1CCC2CCCCC2C1. The Morgan fingerprint density at radius 1 is 1.19 bits per heavy atom. The standard InChI is InChI=1S/C13H24N2S/c14-13(16)6-3-8-15-9-7-11-4-1-2-5-12(11)10-15/h11-12H,1-10H2,(H2,14,16). The van der Waals surface area contributed by atoms with Gasteiger partial charge in [-0.25, -0.2) is 0 Å². The second-order valence-corrected chi connectivity index (χ2v) is 5.99. The molecule has 2 atom stereocenters. The zero-order chi connectivity index (χ0) is 11.4. The smallest absolute Gasteiger partial charge is 0.0727 e. The van der Waals surface area contributed by atoms with Crippen molar-refractivity contribution in [3.8, 4) is 0 Å². The lowest BCUT2D eigenvalue weighted by Gasteiger charge is -2.41. The molecule has 2 N–H and O–H groups in total. The molecule has 1 heterocycles. The van der Waals surface area contributed by atoms with Crippen molar-refractivity contribution < 1.29 is 0 Å². The number of fused-ring (bicyclic) bond motifs is 1. The first-order chi connectivity index (χ1) is 7.75. The van der Waals surface area contributed by atoms with Gasteiger partial charge in [0.25, 0.3) is 0 Å². The Morgan fingerprint density at radius 3 is 2.69 bits per heavy atom. The summed E-state index contributed by atoms with van der Waals surface area (Å²) in [6.45, 7) is 3.83. The van der Waals surface area contributed by atoms with Gasteiger partial charge in [0.1, 0.15) is 0 Å². The monoisotopic (exact) mass is 240 g/mol. The molecule has 1 aliphatic heterocycles. The molecule has 0 aromatic heterocycles. The molecule has 0 radical (unpaired) electrons. The fourth-order valence-electron chi connectivity index (χ4n) is 3.36. The van der Waals surface area contributed by atoms with Gasteiger partial charge >= 0.3 is 0 Å². The molecule has 2 fully saturated rings. The van der Waals surface area contributed by atoms with Crippen LogP contribution < -0.4 is 5.73 Å². The lowest BCUT2D eigenvalue weighted by molar-refractivity contribution is 0.0865. The summed E-state index contributed by atoms with van der Waals surface area (Å²) in [5.41, 5.74) is 5.53. The first-order valence-electron chi connectivity index (χ1n) is 6.76. The first kappa shape index (κ1) is 12.3. The summed E-state index contributed by atoms with van der Waals surface area (Å²) in [4.78, 5) is 3.30. The molecular formula is C13H24N2S. The van der Waals surface area contributed by atoms with E-state index in [1.165, 1.54) is 51.7 Å². The fraction of sp³-hybridized carbons (Fsp3) is 0.923. The van der Waals surface area contributed by atoms with E-state index >= 15 is 0 Å². The molecule has 0 spiro atoms. The number of hydrogen-bond acceptors (Lipinski definition) is 2. The zero-order valence-corrected chi connectivity index (χ0v) is 11.0. The molecule has 1 saturated heterocycles. The normalized spacial score (nSPS) is 31.0. The third kappa shape index (κ3) is 3.42. The van der Waals surface area contributed by atoms with Crippen molar-refractivity contribution in [1.29, 1.82) is 0 Å². The molecular weight excluding hydrogens is 216 g/mol. The lowest BCUT2D eigenvalue weighted by atomic mass is 9.75. The van der Waals surface area contributed by atoms with Crippen LogP contribution in [0.5, 0.6) is 0 Å². The van der Waals surface area contributed by atoms with Gasteiger partial charge in [-0.2, -0.15) is 0 Å². The van der Waals surface area contributed by atoms with E-state index in [0.29, 0.717) is 4.99 Å². The minimum atomic E-state index is 0.674. The molecule has 1 aliphatic carbocycles. The van der Waals surface area contributed by atoms with E-state index in [4.69, 9.17) is 18.0 Å². The number of piperidine rings is 1. The minimum absolute atomic E-state index is 0.674. The van der Waals surface area contributed by atoms with Gasteiger partial charge in [-0.15, -0.1) is 0 Å². The van der Waals surface area contributed by atoms with Crippen LogP contribution >= 0.6 is 12.2 Å². The van der Waals surface area contributed by atoms with Gasteiger partial charge in [-0.05, 0) is 50.6 Å². The molecule has 2 nitrogen and oxygen atoms in total. The van der Waals surface area contributed by atoms with E-state index in [9.17, 15) is 0 Å². The Labute approximate surface area is 105 Å². The molecule has 2 aliphatic rings. The predicted octanol–water partition coefficient (Wildman–Crippen LogP) is 2.56. The van der Waals surface area contributed by atoms with E-state index in [0.717, 1.165) is 24.7 Å². The molecule has 0 aromatic carbocycles. The highest BCUT2D eigenvalue weighted by atomic mass is 32.1. The van der Waals surface area contributed by atoms with Gasteiger partial charge in [0.2, 0.25) is 0 Å². The highest BCUT2D eigenvalue weighted by molar-refractivity contribution is 7.80. The molecule has 2 unspecified atom stereocenters. The van der Waals surface area contributed by atoms with Gasteiger partial charge < -0.3 is 10.6 Å². The third-order valence-corrected chi connectivity index (χ3v) is 4.48. The lowest BCUT2D eigenvalue weighted by Crippen LogP contribution is -2.42. The van der Waals surface area contributed by atoms with Crippen LogP contribution in [0.3, 0.4) is 0 Å². The zero-order valence-electron chi connectivity index (χ0n) is 10.2.